The van der Waals surface area contributed by atoms with E-state index in [4.69, 9.17) is 4.74 Å². The molecule has 1 amide bonds. The third-order valence-electron chi connectivity index (χ3n) is 4.25. The smallest absolute Gasteiger partial charge is 0.399 e. The molecule has 0 bridgehead atoms. The molecule has 0 radical (unpaired) electrons. The van der Waals surface area contributed by atoms with Crippen LogP contribution in [0.4, 0.5) is 10.5 Å². The molecule has 3 aromatic carbocycles. The second kappa shape index (κ2) is 5.69. The minimum Gasteiger partial charge on any atom is -0.449 e. The second-order valence-corrected chi connectivity index (χ2v) is 5.62. The van der Waals surface area contributed by atoms with E-state index in [0.29, 0.717) is 6.61 Å². The number of hydrogen-bond donors (Lipinski definition) is 1. The molecule has 0 spiro atoms. The van der Waals surface area contributed by atoms with E-state index in [0.717, 1.165) is 5.69 Å². The molecule has 4 rings (SSSR count). The summed E-state index contributed by atoms with van der Waals surface area (Å²) in [6.07, 6.45) is -0.418. The highest BCUT2D eigenvalue weighted by atomic mass is 16.5. The summed E-state index contributed by atoms with van der Waals surface area (Å²) < 4.78 is 5.46. The van der Waals surface area contributed by atoms with Gasteiger partial charge in [-0.1, -0.05) is 48.5 Å². The molecule has 0 saturated carbocycles. The predicted octanol–water partition coefficient (Wildman–Crippen LogP) is 4.77. The molecular formula is C20H16NO2-. The van der Waals surface area contributed by atoms with Crippen molar-refractivity contribution in [2.75, 3.05) is 11.9 Å². The molecule has 0 saturated heterocycles. The third-order valence-corrected chi connectivity index (χ3v) is 4.25. The average molecular weight is 302 g/mol. The Morgan fingerprint density at radius 3 is 2.26 bits per heavy atom. The zero-order chi connectivity index (χ0) is 15.6. The van der Waals surface area contributed by atoms with Gasteiger partial charge in [0.1, 0.15) is 6.61 Å². The van der Waals surface area contributed by atoms with Crippen molar-refractivity contribution >= 4 is 11.8 Å². The molecule has 3 heteroatoms. The summed E-state index contributed by atoms with van der Waals surface area (Å²) in [5, 5.41) is 2.73. The minimum absolute atomic E-state index is 0.0906. The van der Waals surface area contributed by atoms with Gasteiger partial charge >= 0.3 is 6.09 Å². The van der Waals surface area contributed by atoms with Crippen molar-refractivity contribution in [3.05, 3.63) is 83.9 Å². The second-order valence-electron chi connectivity index (χ2n) is 5.62. The summed E-state index contributed by atoms with van der Waals surface area (Å²) in [6.45, 7) is 0.334. The van der Waals surface area contributed by atoms with Gasteiger partial charge in [-0.15, -0.1) is 5.69 Å². The zero-order valence-corrected chi connectivity index (χ0v) is 12.5. The normalized spacial score (nSPS) is 12.5. The van der Waals surface area contributed by atoms with Gasteiger partial charge in [0.25, 0.3) is 0 Å². The van der Waals surface area contributed by atoms with Gasteiger partial charge in [-0.05, 0) is 22.3 Å². The summed E-state index contributed by atoms with van der Waals surface area (Å²) in [4.78, 5) is 12.0. The number of fused-ring (bicyclic) bond motifs is 3. The summed E-state index contributed by atoms with van der Waals surface area (Å²) in [5.41, 5.74) is 5.65. The van der Waals surface area contributed by atoms with Crippen molar-refractivity contribution in [3.63, 3.8) is 0 Å². The standard InChI is InChI=1S/C20H16NO2/c22-20(21-14-7-1-2-8-14)23-13-19-17-11-5-3-9-15(17)16-10-4-6-12-18(16)19/h1-12,19H,13H2,(H,21,22)/q-1. The number of rotatable bonds is 3. The minimum atomic E-state index is -0.418. The number of carbonyl (C=O) groups is 1. The molecule has 23 heavy (non-hydrogen) atoms. The summed E-state index contributed by atoms with van der Waals surface area (Å²) in [7, 11) is 0. The van der Waals surface area contributed by atoms with E-state index in [1.54, 1.807) is 0 Å². The first-order valence-electron chi connectivity index (χ1n) is 7.66. The monoisotopic (exact) mass is 302 g/mol. The van der Waals surface area contributed by atoms with Crippen LogP contribution in [-0.4, -0.2) is 12.7 Å². The molecule has 0 fully saturated rings. The number of ether oxygens (including phenoxy) is 1. The van der Waals surface area contributed by atoms with E-state index < -0.39 is 6.09 Å². The van der Waals surface area contributed by atoms with Crippen LogP contribution in [0, 0.1) is 0 Å². The van der Waals surface area contributed by atoms with Crippen molar-refractivity contribution in [3.8, 4) is 11.1 Å². The molecule has 1 aliphatic carbocycles. The number of anilines is 1. The zero-order valence-electron chi connectivity index (χ0n) is 12.5. The van der Waals surface area contributed by atoms with Crippen molar-refractivity contribution < 1.29 is 9.53 Å². The van der Waals surface area contributed by atoms with Gasteiger partial charge in [0, 0.05) is 5.92 Å². The maximum absolute atomic E-state index is 12.0. The molecule has 3 aromatic rings. The van der Waals surface area contributed by atoms with E-state index in [1.165, 1.54) is 22.3 Å². The number of carbonyl (C=O) groups excluding carboxylic acids is 1. The number of hydrogen-bond acceptors (Lipinski definition) is 2. The quantitative estimate of drug-likeness (QED) is 0.708. The maximum Gasteiger partial charge on any atom is 0.399 e. The molecule has 0 aromatic heterocycles. The Labute approximate surface area is 134 Å². The molecular weight excluding hydrogens is 286 g/mol. The van der Waals surface area contributed by atoms with E-state index in [1.807, 2.05) is 48.5 Å². The van der Waals surface area contributed by atoms with Crippen LogP contribution in [0.15, 0.2) is 72.8 Å². The highest BCUT2D eigenvalue weighted by molar-refractivity contribution is 5.85. The maximum atomic E-state index is 12.0. The van der Waals surface area contributed by atoms with Crippen molar-refractivity contribution in [2.45, 2.75) is 5.92 Å². The molecule has 0 unspecified atom stereocenters. The summed E-state index contributed by atoms with van der Waals surface area (Å²) >= 11 is 0. The lowest BCUT2D eigenvalue weighted by Crippen LogP contribution is -2.17. The van der Waals surface area contributed by atoms with Crippen LogP contribution in [0.2, 0.25) is 0 Å². The van der Waals surface area contributed by atoms with Crippen LogP contribution in [0.1, 0.15) is 17.0 Å². The summed E-state index contributed by atoms with van der Waals surface area (Å²) in [5.74, 6) is 0.0906. The first-order valence-corrected chi connectivity index (χ1v) is 7.66. The van der Waals surface area contributed by atoms with Gasteiger partial charge < -0.3 is 10.1 Å². The molecule has 3 nitrogen and oxygen atoms in total. The van der Waals surface area contributed by atoms with Crippen molar-refractivity contribution in [1.82, 2.24) is 0 Å². The Hall–Kier alpha value is -2.94. The number of benzene rings is 2. The van der Waals surface area contributed by atoms with Gasteiger partial charge in [0.05, 0.1) is 0 Å². The Bertz CT molecular complexity index is 791. The Morgan fingerprint density at radius 1 is 1.00 bits per heavy atom. The average Bonchev–Trinajstić information content (AvgIpc) is 3.19. The predicted molar refractivity (Wildman–Crippen MR) is 90.7 cm³/mol. The largest absolute Gasteiger partial charge is 0.449 e. The van der Waals surface area contributed by atoms with E-state index in [9.17, 15) is 4.79 Å². The molecule has 0 aliphatic heterocycles. The van der Waals surface area contributed by atoms with Crippen LogP contribution in [-0.2, 0) is 4.74 Å². The lowest BCUT2D eigenvalue weighted by Gasteiger charge is -2.15. The van der Waals surface area contributed by atoms with E-state index in [-0.39, 0.29) is 5.92 Å². The molecule has 1 N–H and O–H groups in total. The molecule has 0 heterocycles. The first kappa shape index (κ1) is 13.7. The third kappa shape index (κ3) is 2.50. The highest BCUT2D eigenvalue weighted by Crippen LogP contribution is 2.44. The molecule has 114 valence electrons. The summed E-state index contributed by atoms with van der Waals surface area (Å²) in [6, 6.07) is 24.0. The SMILES string of the molecule is O=C(Nc1cc[cH-]c1)OCC1c2ccccc2-c2ccccc21. The van der Waals surface area contributed by atoms with Crippen LogP contribution in [0.25, 0.3) is 11.1 Å². The lowest BCUT2D eigenvalue weighted by molar-refractivity contribution is 0.158. The fraction of sp³-hybridized carbons (Fsp3) is 0.100. The number of amides is 1. The molecule has 0 atom stereocenters. The first-order chi connectivity index (χ1) is 11.3. The Kier molecular flexibility index (Phi) is 3.39. The van der Waals surface area contributed by atoms with Gasteiger partial charge in [-0.2, -0.15) is 24.3 Å². The van der Waals surface area contributed by atoms with Crippen LogP contribution in [0.5, 0.6) is 0 Å². The van der Waals surface area contributed by atoms with Gasteiger partial charge in [0.15, 0.2) is 0 Å². The lowest BCUT2D eigenvalue weighted by atomic mass is 9.98. The number of nitrogens with one attached hydrogen (secondary N) is 1. The van der Waals surface area contributed by atoms with Crippen LogP contribution in [0.3, 0.4) is 0 Å². The van der Waals surface area contributed by atoms with Gasteiger partial charge in [-0.25, -0.2) is 4.79 Å². The Morgan fingerprint density at radius 2 is 1.65 bits per heavy atom. The van der Waals surface area contributed by atoms with Crippen LogP contribution >= 0.6 is 0 Å². The van der Waals surface area contributed by atoms with Crippen molar-refractivity contribution in [1.29, 1.82) is 0 Å². The van der Waals surface area contributed by atoms with Crippen molar-refractivity contribution in [2.24, 2.45) is 0 Å². The Balaban J connectivity index is 1.54. The molecule has 1 aliphatic rings. The fourth-order valence-corrected chi connectivity index (χ4v) is 3.21. The van der Waals surface area contributed by atoms with Gasteiger partial charge in [-0.3, -0.25) is 0 Å². The topological polar surface area (TPSA) is 38.3 Å². The highest BCUT2D eigenvalue weighted by Gasteiger charge is 2.28. The van der Waals surface area contributed by atoms with Gasteiger partial charge in [0.2, 0.25) is 0 Å². The van der Waals surface area contributed by atoms with E-state index in [2.05, 4.69) is 29.6 Å². The van der Waals surface area contributed by atoms with E-state index >= 15 is 0 Å². The fourth-order valence-electron chi connectivity index (χ4n) is 3.21. The van der Waals surface area contributed by atoms with Crippen LogP contribution < -0.4 is 5.32 Å².